The molecule has 2 rings (SSSR count). The van der Waals surface area contributed by atoms with Crippen molar-refractivity contribution in [1.29, 1.82) is 0 Å². The molecule has 0 bridgehead atoms. The average Bonchev–Trinajstić information content (AvgIpc) is 2.77. The molecule has 0 spiro atoms. The third-order valence-corrected chi connectivity index (χ3v) is 4.79. The second kappa shape index (κ2) is 12.7. The molecule has 1 aliphatic heterocycles. The van der Waals surface area contributed by atoms with Crippen molar-refractivity contribution in [3.63, 3.8) is 0 Å². The van der Waals surface area contributed by atoms with E-state index in [9.17, 15) is 23.2 Å². The Morgan fingerprint density at radius 3 is 2.29 bits per heavy atom. The standard InChI is InChI=1S/C21H29F2N3O5/c1-2-3-13-30-21(29)26-11-9-25(10-12-26)19(27)17(14-18(22)23)24-20(28)31-15-16-7-5-4-6-8-16/h4-8,17-18H,2-3,9-15H2,1H3,(H,24,28)/t17-/m0/s1. The maximum absolute atomic E-state index is 13.0. The van der Waals surface area contributed by atoms with Gasteiger partial charge in [-0.15, -0.1) is 0 Å². The Morgan fingerprint density at radius 2 is 1.68 bits per heavy atom. The molecule has 1 aliphatic rings. The number of amides is 3. The summed E-state index contributed by atoms with van der Waals surface area (Å²) in [7, 11) is 0. The first-order chi connectivity index (χ1) is 14.9. The lowest BCUT2D eigenvalue weighted by Crippen LogP contribution is -2.56. The largest absolute Gasteiger partial charge is 0.449 e. The van der Waals surface area contributed by atoms with Crippen LogP contribution in [0.25, 0.3) is 0 Å². The molecule has 10 heteroatoms. The van der Waals surface area contributed by atoms with Crippen molar-refractivity contribution >= 4 is 18.1 Å². The van der Waals surface area contributed by atoms with Gasteiger partial charge in [0.05, 0.1) is 6.61 Å². The van der Waals surface area contributed by atoms with Crippen LogP contribution in [0.5, 0.6) is 0 Å². The second-order valence-corrected chi connectivity index (χ2v) is 7.17. The molecule has 0 aliphatic carbocycles. The van der Waals surface area contributed by atoms with Gasteiger partial charge in [-0.2, -0.15) is 0 Å². The van der Waals surface area contributed by atoms with E-state index in [-0.39, 0.29) is 32.8 Å². The van der Waals surface area contributed by atoms with Crippen LogP contribution in [0, 0.1) is 0 Å². The molecule has 0 aromatic heterocycles. The highest BCUT2D eigenvalue weighted by atomic mass is 19.3. The fourth-order valence-corrected chi connectivity index (χ4v) is 3.03. The first kappa shape index (κ1) is 24.4. The Balaban J connectivity index is 1.85. The third kappa shape index (κ3) is 8.39. The summed E-state index contributed by atoms with van der Waals surface area (Å²) in [6.07, 6.45) is -3.32. The van der Waals surface area contributed by atoms with Crippen molar-refractivity contribution in [3.05, 3.63) is 35.9 Å². The number of hydrogen-bond donors (Lipinski definition) is 1. The van der Waals surface area contributed by atoms with E-state index in [1.807, 2.05) is 13.0 Å². The van der Waals surface area contributed by atoms with Crippen molar-refractivity contribution in [2.75, 3.05) is 32.8 Å². The van der Waals surface area contributed by atoms with Crippen LogP contribution in [0.2, 0.25) is 0 Å². The number of nitrogens with zero attached hydrogens (tertiary/aromatic N) is 2. The Morgan fingerprint density at radius 1 is 1.03 bits per heavy atom. The highest BCUT2D eigenvalue weighted by Gasteiger charge is 2.32. The number of unbranched alkanes of at least 4 members (excludes halogenated alkanes) is 1. The number of carbonyl (C=O) groups excluding carboxylic acids is 3. The summed E-state index contributed by atoms with van der Waals surface area (Å²) in [6, 6.07) is 7.46. The molecule has 0 radical (unpaired) electrons. The first-order valence-electron chi connectivity index (χ1n) is 10.4. The maximum atomic E-state index is 13.0. The Bertz CT molecular complexity index is 712. The van der Waals surface area contributed by atoms with Crippen molar-refractivity contribution < 1.29 is 32.6 Å². The molecule has 8 nitrogen and oxygen atoms in total. The molecule has 1 saturated heterocycles. The molecule has 1 fully saturated rings. The molecule has 1 atom stereocenters. The Labute approximate surface area is 180 Å². The summed E-state index contributed by atoms with van der Waals surface area (Å²) in [5.41, 5.74) is 0.733. The molecular weight excluding hydrogens is 412 g/mol. The summed E-state index contributed by atoms with van der Waals surface area (Å²) in [5, 5.41) is 2.25. The molecule has 1 aromatic carbocycles. The van der Waals surface area contributed by atoms with Crippen LogP contribution in [0.3, 0.4) is 0 Å². The predicted octanol–water partition coefficient (Wildman–Crippen LogP) is 3.02. The van der Waals surface area contributed by atoms with Crippen LogP contribution >= 0.6 is 0 Å². The predicted molar refractivity (Wildman–Crippen MR) is 109 cm³/mol. The smallest absolute Gasteiger partial charge is 0.409 e. The maximum Gasteiger partial charge on any atom is 0.409 e. The van der Waals surface area contributed by atoms with Crippen molar-refractivity contribution in [2.24, 2.45) is 0 Å². The molecule has 0 saturated carbocycles. The number of alkyl carbamates (subject to hydrolysis) is 1. The minimum atomic E-state index is -2.78. The van der Waals surface area contributed by atoms with Crippen molar-refractivity contribution in [3.8, 4) is 0 Å². The van der Waals surface area contributed by atoms with Gasteiger partial charge in [0.25, 0.3) is 0 Å². The van der Waals surface area contributed by atoms with Crippen LogP contribution in [0.1, 0.15) is 31.7 Å². The van der Waals surface area contributed by atoms with E-state index < -0.39 is 37.0 Å². The molecule has 1 aromatic rings. The van der Waals surface area contributed by atoms with Crippen LogP contribution in [0.15, 0.2) is 30.3 Å². The van der Waals surface area contributed by atoms with Crippen LogP contribution in [-0.4, -0.2) is 73.1 Å². The number of alkyl halides is 2. The zero-order valence-electron chi connectivity index (χ0n) is 17.6. The number of carbonyl (C=O) groups is 3. The van der Waals surface area contributed by atoms with Gasteiger partial charge in [-0.25, -0.2) is 18.4 Å². The Hall–Kier alpha value is -2.91. The summed E-state index contributed by atoms with van der Waals surface area (Å²) in [5.74, 6) is -0.629. The van der Waals surface area contributed by atoms with Gasteiger partial charge in [-0.3, -0.25) is 4.79 Å². The zero-order valence-corrected chi connectivity index (χ0v) is 17.6. The Kier molecular flexibility index (Phi) is 9.99. The third-order valence-electron chi connectivity index (χ3n) is 4.79. The fourth-order valence-electron chi connectivity index (χ4n) is 3.03. The molecule has 1 N–H and O–H groups in total. The SMILES string of the molecule is CCCCOC(=O)N1CCN(C(=O)[C@H](CC(F)F)NC(=O)OCc2ccccc2)CC1. The van der Waals surface area contributed by atoms with Gasteiger partial charge >= 0.3 is 12.2 Å². The average molecular weight is 441 g/mol. The monoisotopic (exact) mass is 441 g/mol. The normalized spacial score (nSPS) is 14.8. The lowest BCUT2D eigenvalue weighted by atomic mass is 10.1. The quantitative estimate of drug-likeness (QED) is 0.595. The number of nitrogens with one attached hydrogen (secondary N) is 1. The van der Waals surface area contributed by atoms with Gasteiger partial charge in [0.2, 0.25) is 12.3 Å². The number of benzene rings is 1. The summed E-state index contributed by atoms with van der Waals surface area (Å²) >= 11 is 0. The van der Waals surface area contributed by atoms with Gasteiger partial charge in [-0.1, -0.05) is 43.7 Å². The highest BCUT2D eigenvalue weighted by Crippen LogP contribution is 2.12. The molecule has 3 amide bonds. The van der Waals surface area contributed by atoms with Crippen molar-refractivity contribution in [1.82, 2.24) is 15.1 Å². The number of halogens is 2. The lowest BCUT2D eigenvalue weighted by Gasteiger charge is -2.35. The van der Waals surface area contributed by atoms with E-state index in [2.05, 4.69) is 5.32 Å². The second-order valence-electron chi connectivity index (χ2n) is 7.17. The van der Waals surface area contributed by atoms with Crippen LogP contribution < -0.4 is 5.32 Å². The van der Waals surface area contributed by atoms with E-state index in [1.165, 1.54) is 9.80 Å². The minimum absolute atomic E-state index is 0.0406. The van der Waals surface area contributed by atoms with E-state index in [4.69, 9.17) is 9.47 Å². The van der Waals surface area contributed by atoms with Crippen LogP contribution in [0.4, 0.5) is 18.4 Å². The summed E-state index contributed by atoms with van der Waals surface area (Å²) in [4.78, 5) is 39.6. The van der Waals surface area contributed by atoms with Gasteiger partial charge in [0.1, 0.15) is 12.6 Å². The van der Waals surface area contributed by atoms with Crippen LogP contribution in [-0.2, 0) is 20.9 Å². The molecule has 0 unspecified atom stereocenters. The fraction of sp³-hybridized carbons (Fsp3) is 0.571. The minimum Gasteiger partial charge on any atom is -0.449 e. The van der Waals surface area contributed by atoms with E-state index >= 15 is 0 Å². The summed E-state index contributed by atoms with van der Waals surface area (Å²) in [6.45, 7) is 3.08. The number of piperazine rings is 1. The van der Waals surface area contributed by atoms with Gasteiger partial charge in [0.15, 0.2) is 0 Å². The highest BCUT2D eigenvalue weighted by molar-refractivity contribution is 5.86. The molecule has 31 heavy (non-hydrogen) atoms. The van der Waals surface area contributed by atoms with E-state index in [0.29, 0.717) is 6.61 Å². The summed E-state index contributed by atoms with van der Waals surface area (Å²) < 4.78 is 36.2. The van der Waals surface area contributed by atoms with Gasteiger partial charge < -0.3 is 24.6 Å². The molecule has 1 heterocycles. The van der Waals surface area contributed by atoms with E-state index in [0.717, 1.165) is 18.4 Å². The number of rotatable bonds is 9. The zero-order chi connectivity index (χ0) is 22.6. The first-order valence-corrected chi connectivity index (χ1v) is 10.4. The topological polar surface area (TPSA) is 88.2 Å². The lowest BCUT2D eigenvalue weighted by molar-refractivity contribution is -0.136. The number of hydrogen-bond acceptors (Lipinski definition) is 5. The van der Waals surface area contributed by atoms with Gasteiger partial charge in [0, 0.05) is 32.6 Å². The van der Waals surface area contributed by atoms with Gasteiger partial charge in [-0.05, 0) is 12.0 Å². The van der Waals surface area contributed by atoms with E-state index in [1.54, 1.807) is 24.3 Å². The molecule has 172 valence electrons. The number of ether oxygens (including phenoxy) is 2. The van der Waals surface area contributed by atoms with Crippen molar-refractivity contribution in [2.45, 2.75) is 45.3 Å². The molecular formula is C21H29F2N3O5.